The average Bonchev–Trinajstić information content (AvgIpc) is 2.38. The Morgan fingerprint density at radius 3 is 2.17 bits per heavy atom. The predicted molar refractivity (Wildman–Crippen MR) is 72.5 cm³/mol. The summed E-state index contributed by atoms with van der Waals surface area (Å²) in [6.45, 7) is 6.09. The Hall–Kier alpha value is -0.506. The zero-order valence-corrected chi connectivity index (χ0v) is 14.4. The van der Waals surface area contributed by atoms with E-state index in [9.17, 15) is 4.79 Å². The van der Waals surface area contributed by atoms with E-state index < -0.39 is 5.91 Å². The fraction of sp³-hybridized carbons (Fsp3) is 0.286. The molecule has 0 atom stereocenters. The van der Waals surface area contributed by atoms with Crippen LogP contribution in [0.1, 0.15) is 31.9 Å². The summed E-state index contributed by atoms with van der Waals surface area (Å²) in [6.07, 6.45) is 3.92. The monoisotopic (exact) mass is 325 g/mol. The van der Waals surface area contributed by atoms with Crippen LogP contribution in [0.2, 0.25) is 0 Å². The molecule has 0 aliphatic heterocycles. The van der Waals surface area contributed by atoms with Crippen LogP contribution in [-0.4, -0.2) is 11.1 Å². The number of amides is 1. The maximum absolute atomic E-state index is 10.7. The molecular weight excluding hydrogens is 303 g/mol. The second-order valence-corrected chi connectivity index (χ2v) is 2.90. The number of benzene rings is 1. The van der Waals surface area contributed by atoms with Crippen LogP contribution < -0.4 is 5.48 Å². The zero-order chi connectivity index (χ0) is 12.4. The van der Waals surface area contributed by atoms with E-state index in [0.29, 0.717) is 0 Å². The molecule has 0 aliphatic rings. The molecule has 1 rings (SSSR count). The quantitative estimate of drug-likeness (QED) is 0.388. The van der Waals surface area contributed by atoms with Gasteiger partial charge in [0.1, 0.15) is 0 Å². The molecule has 0 bridgehead atoms. The van der Waals surface area contributed by atoms with Crippen molar-refractivity contribution in [3.8, 4) is 0 Å². The predicted octanol–water partition coefficient (Wildman–Crippen LogP) is 3.24. The van der Waals surface area contributed by atoms with E-state index in [2.05, 4.69) is 6.92 Å². The molecule has 0 unspecified atom stereocenters. The molecule has 1 aromatic carbocycles. The zero-order valence-electron chi connectivity index (χ0n) is 11.6. The fourth-order valence-corrected chi connectivity index (χ4v) is 1.07. The Balaban J connectivity index is -0.000000534. The van der Waals surface area contributed by atoms with Crippen LogP contribution in [0.5, 0.6) is 0 Å². The van der Waals surface area contributed by atoms with Crippen molar-refractivity contribution in [3.63, 3.8) is 0 Å². The van der Waals surface area contributed by atoms with Crippen LogP contribution in [-0.2, 0) is 43.9 Å². The molecule has 4 heteroatoms. The van der Waals surface area contributed by atoms with Crippen molar-refractivity contribution in [2.24, 2.45) is 0 Å². The summed E-state index contributed by atoms with van der Waals surface area (Å²) in [5, 5.41) is 8.24. The van der Waals surface area contributed by atoms with Crippen LogP contribution in [0.3, 0.4) is 0 Å². The Morgan fingerprint density at radius 2 is 1.78 bits per heavy atom. The van der Waals surface area contributed by atoms with E-state index in [1.807, 2.05) is 38.1 Å². The van der Waals surface area contributed by atoms with Gasteiger partial charge in [-0.25, -0.2) is 5.48 Å². The molecule has 1 radical (unpaired) electrons. The Morgan fingerprint density at radius 1 is 1.28 bits per heavy atom. The van der Waals surface area contributed by atoms with Crippen LogP contribution in [0, 0.1) is 7.43 Å². The van der Waals surface area contributed by atoms with E-state index in [1.165, 1.54) is 17.1 Å². The molecule has 0 fully saturated rings. The standard InChI is InChI=1S/C11H13NO2.C2H6.CH3.Y/c1-2-9-3-5-10(6-4-9)7-8-11(13)12-14;1-2;;/h3-8,14H,2H2,1H3,(H,12,13);1-2H3;1H3;/q;;-1;/b8-7+;;;. The van der Waals surface area contributed by atoms with E-state index in [-0.39, 0.29) is 40.1 Å². The molecule has 1 amide bonds. The van der Waals surface area contributed by atoms with Crippen LogP contribution in [0.25, 0.3) is 6.08 Å². The van der Waals surface area contributed by atoms with Crippen molar-refractivity contribution < 1.29 is 42.7 Å². The number of hydroxylamine groups is 1. The number of nitrogens with one attached hydrogen (secondary N) is 1. The molecule has 0 saturated carbocycles. The van der Waals surface area contributed by atoms with Gasteiger partial charge >= 0.3 is 0 Å². The van der Waals surface area contributed by atoms with Gasteiger partial charge in [0.15, 0.2) is 0 Å². The molecule has 0 aliphatic carbocycles. The topological polar surface area (TPSA) is 49.3 Å². The van der Waals surface area contributed by atoms with Gasteiger partial charge < -0.3 is 7.43 Å². The van der Waals surface area contributed by atoms with Crippen LogP contribution >= 0.6 is 0 Å². The molecule has 1 aromatic rings. The third-order valence-electron chi connectivity index (χ3n) is 1.93. The van der Waals surface area contributed by atoms with Gasteiger partial charge in [0.25, 0.3) is 5.91 Å². The van der Waals surface area contributed by atoms with Crippen molar-refractivity contribution in [2.45, 2.75) is 27.2 Å². The Labute approximate surface area is 136 Å². The summed E-state index contributed by atoms with van der Waals surface area (Å²) in [5.41, 5.74) is 3.73. The number of rotatable bonds is 3. The summed E-state index contributed by atoms with van der Waals surface area (Å²) < 4.78 is 0. The van der Waals surface area contributed by atoms with Gasteiger partial charge in [-0.1, -0.05) is 45.0 Å². The molecule has 0 spiro atoms. The normalized spacial score (nSPS) is 8.44. The minimum atomic E-state index is -0.524. The average molecular weight is 325 g/mol. The minimum absolute atomic E-state index is 0. The smallest absolute Gasteiger partial charge is 0.267 e. The van der Waals surface area contributed by atoms with Crippen molar-refractivity contribution in [1.82, 2.24) is 5.48 Å². The van der Waals surface area contributed by atoms with E-state index in [1.54, 1.807) is 6.08 Å². The van der Waals surface area contributed by atoms with Crippen molar-refractivity contribution in [3.05, 3.63) is 48.9 Å². The molecule has 18 heavy (non-hydrogen) atoms. The minimum Gasteiger partial charge on any atom is -0.358 e. The third-order valence-corrected chi connectivity index (χ3v) is 1.93. The SMILES string of the molecule is CC.CCc1ccc(/C=C/C(=O)NO)cc1.[CH3-].[Y]. The van der Waals surface area contributed by atoms with E-state index in [4.69, 9.17) is 5.21 Å². The van der Waals surface area contributed by atoms with Crippen LogP contribution in [0.4, 0.5) is 0 Å². The van der Waals surface area contributed by atoms with Gasteiger partial charge in [-0.05, 0) is 23.6 Å². The van der Waals surface area contributed by atoms with E-state index in [0.717, 1.165) is 12.0 Å². The number of hydrogen-bond acceptors (Lipinski definition) is 2. The summed E-state index contributed by atoms with van der Waals surface area (Å²) in [5.74, 6) is -0.524. The molecule has 2 N–H and O–H groups in total. The van der Waals surface area contributed by atoms with Crippen molar-refractivity contribution >= 4 is 12.0 Å². The number of hydrogen-bond donors (Lipinski definition) is 2. The van der Waals surface area contributed by atoms with Crippen molar-refractivity contribution in [2.75, 3.05) is 0 Å². The number of carbonyl (C=O) groups excluding carboxylic acids is 1. The summed E-state index contributed by atoms with van der Waals surface area (Å²) in [6, 6.07) is 7.88. The second kappa shape index (κ2) is 14.6. The van der Waals surface area contributed by atoms with Gasteiger partial charge in [-0.15, -0.1) is 0 Å². The van der Waals surface area contributed by atoms with Gasteiger partial charge in [0.05, 0.1) is 0 Å². The maximum atomic E-state index is 10.7. The third kappa shape index (κ3) is 9.52. The first-order valence-electron chi connectivity index (χ1n) is 5.47. The van der Waals surface area contributed by atoms with Crippen LogP contribution in [0.15, 0.2) is 30.3 Å². The van der Waals surface area contributed by atoms with Gasteiger partial charge in [0, 0.05) is 38.8 Å². The molecule has 0 heterocycles. The second-order valence-electron chi connectivity index (χ2n) is 2.90. The summed E-state index contributed by atoms with van der Waals surface area (Å²) in [7, 11) is 0. The molecule has 0 saturated heterocycles. The van der Waals surface area contributed by atoms with Gasteiger partial charge in [-0.2, -0.15) is 0 Å². The first-order chi connectivity index (χ1) is 7.76. The van der Waals surface area contributed by atoms with E-state index >= 15 is 0 Å². The van der Waals surface area contributed by atoms with Crippen molar-refractivity contribution in [1.29, 1.82) is 0 Å². The Kier molecular flexibility index (Phi) is 18.3. The molecule has 0 aromatic heterocycles. The van der Waals surface area contributed by atoms with Gasteiger partial charge in [0.2, 0.25) is 0 Å². The largest absolute Gasteiger partial charge is 0.358 e. The molecular formula is C14H22NO2Y-. The number of carbonyl (C=O) groups is 1. The molecule has 3 nitrogen and oxygen atoms in total. The first-order valence-corrected chi connectivity index (χ1v) is 5.47. The fourth-order valence-electron chi connectivity index (χ4n) is 1.07. The summed E-state index contributed by atoms with van der Waals surface area (Å²) >= 11 is 0. The Bertz CT molecular complexity index is 334. The maximum Gasteiger partial charge on any atom is 0.267 e. The number of aryl methyl sites for hydroxylation is 1. The molecule has 99 valence electrons. The first kappa shape index (κ1) is 22.7. The van der Waals surface area contributed by atoms with Gasteiger partial charge in [-0.3, -0.25) is 10.0 Å². The summed E-state index contributed by atoms with van der Waals surface area (Å²) in [4.78, 5) is 10.7.